The molecule has 1 N–H and O–H groups in total. The van der Waals surface area contributed by atoms with E-state index in [0.29, 0.717) is 11.1 Å². The number of pyridine rings is 1. The smallest absolute Gasteiger partial charge is 0.129 e. The predicted molar refractivity (Wildman–Crippen MR) is 85.9 cm³/mol. The van der Waals surface area contributed by atoms with Crippen LogP contribution < -0.4 is 5.32 Å². The Kier molecular flexibility index (Phi) is 2.88. The highest BCUT2D eigenvalue weighted by molar-refractivity contribution is 6.29. The molecule has 0 saturated carbocycles. The molecule has 3 heteroatoms. The SMILES string of the molecule is Cc1ccc2c(c1)C(C)CNC21CCc2ccc(Cl)nc21. The van der Waals surface area contributed by atoms with Crippen molar-refractivity contribution in [2.75, 3.05) is 6.54 Å². The van der Waals surface area contributed by atoms with Crippen LogP contribution in [0.15, 0.2) is 30.3 Å². The molecule has 0 amide bonds. The first-order valence-corrected chi connectivity index (χ1v) is 8.00. The lowest BCUT2D eigenvalue weighted by atomic mass is 9.76. The summed E-state index contributed by atoms with van der Waals surface area (Å²) in [6.07, 6.45) is 2.13. The van der Waals surface area contributed by atoms with Crippen LogP contribution in [-0.4, -0.2) is 11.5 Å². The van der Waals surface area contributed by atoms with E-state index >= 15 is 0 Å². The van der Waals surface area contributed by atoms with Gasteiger partial charge in [-0.2, -0.15) is 0 Å². The molecule has 1 aromatic carbocycles. The van der Waals surface area contributed by atoms with E-state index in [1.807, 2.05) is 6.07 Å². The van der Waals surface area contributed by atoms with Gasteiger partial charge in [0.2, 0.25) is 0 Å². The molecular formula is C18H19ClN2. The van der Waals surface area contributed by atoms with Crippen molar-refractivity contribution in [2.24, 2.45) is 0 Å². The Morgan fingerprint density at radius 2 is 2.14 bits per heavy atom. The minimum absolute atomic E-state index is 0.143. The summed E-state index contributed by atoms with van der Waals surface area (Å²) >= 11 is 6.17. The number of hydrogen-bond acceptors (Lipinski definition) is 2. The molecule has 2 aromatic rings. The first-order chi connectivity index (χ1) is 10.1. The van der Waals surface area contributed by atoms with Crippen LogP contribution in [0.5, 0.6) is 0 Å². The number of fused-ring (bicyclic) bond motifs is 4. The molecule has 21 heavy (non-hydrogen) atoms. The van der Waals surface area contributed by atoms with Crippen molar-refractivity contribution in [3.63, 3.8) is 0 Å². The Balaban J connectivity index is 1.97. The summed E-state index contributed by atoms with van der Waals surface area (Å²) in [5.41, 5.74) is 6.49. The number of aromatic nitrogens is 1. The Bertz CT molecular complexity index is 725. The highest BCUT2D eigenvalue weighted by atomic mass is 35.5. The van der Waals surface area contributed by atoms with Crippen LogP contribution in [0.3, 0.4) is 0 Å². The normalized spacial score (nSPS) is 26.7. The molecule has 2 heterocycles. The second-order valence-corrected chi connectivity index (χ2v) is 6.81. The Morgan fingerprint density at radius 1 is 1.29 bits per heavy atom. The summed E-state index contributed by atoms with van der Waals surface area (Å²) in [7, 11) is 0. The number of hydrogen-bond donors (Lipinski definition) is 1. The van der Waals surface area contributed by atoms with Crippen molar-refractivity contribution >= 4 is 11.6 Å². The third-order valence-corrected chi connectivity index (χ3v) is 5.24. The fraction of sp³-hybridized carbons (Fsp3) is 0.389. The minimum Gasteiger partial charge on any atom is -0.302 e. The second kappa shape index (κ2) is 4.56. The monoisotopic (exact) mass is 298 g/mol. The summed E-state index contributed by atoms with van der Waals surface area (Å²) in [6, 6.07) is 10.9. The molecule has 0 saturated heterocycles. The van der Waals surface area contributed by atoms with Gasteiger partial charge in [0.05, 0.1) is 11.2 Å². The molecule has 1 aliphatic heterocycles. The van der Waals surface area contributed by atoms with Crippen LogP contribution in [0.1, 0.15) is 47.2 Å². The van der Waals surface area contributed by atoms with Crippen molar-refractivity contribution in [3.8, 4) is 0 Å². The van der Waals surface area contributed by atoms with E-state index in [-0.39, 0.29) is 5.54 Å². The van der Waals surface area contributed by atoms with Crippen LogP contribution in [0, 0.1) is 6.92 Å². The molecule has 2 nitrogen and oxygen atoms in total. The molecule has 1 aromatic heterocycles. The van der Waals surface area contributed by atoms with E-state index in [1.165, 1.54) is 22.3 Å². The molecule has 0 bridgehead atoms. The van der Waals surface area contributed by atoms with Gasteiger partial charge in [0, 0.05) is 6.54 Å². The summed E-state index contributed by atoms with van der Waals surface area (Å²) in [4.78, 5) is 4.68. The minimum atomic E-state index is -0.143. The van der Waals surface area contributed by atoms with Gasteiger partial charge < -0.3 is 5.32 Å². The zero-order valence-electron chi connectivity index (χ0n) is 12.4. The number of halogens is 1. The maximum Gasteiger partial charge on any atom is 0.129 e. The van der Waals surface area contributed by atoms with E-state index in [4.69, 9.17) is 11.6 Å². The summed E-state index contributed by atoms with van der Waals surface area (Å²) in [5, 5.41) is 4.37. The third kappa shape index (κ3) is 1.86. The summed E-state index contributed by atoms with van der Waals surface area (Å²) < 4.78 is 0. The fourth-order valence-electron chi connectivity index (χ4n) is 3.92. The molecular weight excluding hydrogens is 280 g/mol. The fourth-order valence-corrected chi connectivity index (χ4v) is 4.07. The van der Waals surface area contributed by atoms with Gasteiger partial charge in [-0.25, -0.2) is 4.98 Å². The second-order valence-electron chi connectivity index (χ2n) is 6.42. The van der Waals surface area contributed by atoms with Gasteiger partial charge in [0.15, 0.2) is 0 Å². The molecule has 1 aliphatic carbocycles. The van der Waals surface area contributed by atoms with E-state index in [9.17, 15) is 0 Å². The number of nitrogens with one attached hydrogen (secondary N) is 1. The molecule has 1 spiro atoms. The molecule has 2 atom stereocenters. The molecule has 108 valence electrons. The lowest BCUT2D eigenvalue weighted by Crippen LogP contribution is -2.48. The van der Waals surface area contributed by atoms with Gasteiger partial charge in [-0.1, -0.05) is 48.4 Å². The maximum absolute atomic E-state index is 6.17. The van der Waals surface area contributed by atoms with Crippen LogP contribution in [0.2, 0.25) is 5.15 Å². The molecule has 2 aliphatic rings. The summed E-state index contributed by atoms with van der Waals surface area (Å²) in [6.45, 7) is 5.45. The average Bonchev–Trinajstić information content (AvgIpc) is 2.82. The zero-order valence-corrected chi connectivity index (χ0v) is 13.2. The van der Waals surface area contributed by atoms with Crippen molar-refractivity contribution in [2.45, 2.75) is 38.1 Å². The van der Waals surface area contributed by atoms with Gasteiger partial charge in [-0.3, -0.25) is 0 Å². The lowest BCUT2D eigenvalue weighted by Gasteiger charge is -2.40. The summed E-state index contributed by atoms with van der Waals surface area (Å²) in [5.74, 6) is 0.536. The Labute approximate surface area is 130 Å². The maximum atomic E-state index is 6.17. The number of rotatable bonds is 0. The first-order valence-electron chi connectivity index (χ1n) is 7.62. The van der Waals surface area contributed by atoms with E-state index in [1.54, 1.807) is 0 Å². The van der Waals surface area contributed by atoms with Crippen LogP contribution in [0.4, 0.5) is 0 Å². The van der Waals surface area contributed by atoms with Crippen molar-refractivity contribution in [1.29, 1.82) is 0 Å². The van der Waals surface area contributed by atoms with Crippen LogP contribution >= 0.6 is 11.6 Å². The van der Waals surface area contributed by atoms with Crippen molar-refractivity contribution < 1.29 is 0 Å². The van der Waals surface area contributed by atoms with Gasteiger partial charge in [-0.05, 0) is 48.4 Å². The van der Waals surface area contributed by atoms with Crippen molar-refractivity contribution in [1.82, 2.24) is 10.3 Å². The van der Waals surface area contributed by atoms with Gasteiger partial charge in [0.1, 0.15) is 5.15 Å². The first kappa shape index (κ1) is 13.3. The largest absolute Gasteiger partial charge is 0.302 e. The number of nitrogens with zero attached hydrogens (tertiary/aromatic N) is 1. The highest BCUT2D eigenvalue weighted by Gasteiger charge is 2.45. The molecule has 0 radical (unpaired) electrons. The molecule has 2 unspecified atom stereocenters. The van der Waals surface area contributed by atoms with Crippen LogP contribution in [-0.2, 0) is 12.0 Å². The standard InChI is InChI=1S/C18H19ClN2/c1-11-3-5-15-14(9-11)12(2)10-20-18(15)8-7-13-4-6-16(19)21-17(13)18/h3-6,9,12,20H,7-8,10H2,1-2H3. The Hall–Kier alpha value is -1.38. The van der Waals surface area contributed by atoms with Crippen LogP contribution in [0.25, 0.3) is 0 Å². The topological polar surface area (TPSA) is 24.9 Å². The van der Waals surface area contributed by atoms with Gasteiger partial charge in [-0.15, -0.1) is 0 Å². The Morgan fingerprint density at radius 3 is 3.00 bits per heavy atom. The predicted octanol–water partition coefficient (Wildman–Crippen LogP) is 3.94. The zero-order chi connectivity index (χ0) is 14.6. The quantitative estimate of drug-likeness (QED) is 0.745. The van der Waals surface area contributed by atoms with Crippen molar-refractivity contribution in [3.05, 3.63) is 63.4 Å². The number of aryl methyl sites for hydroxylation is 2. The van der Waals surface area contributed by atoms with E-state index < -0.39 is 0 Å². The number of benzene rings is 1. The molecule has 4 rings (SSSR count). The van der Waals surface area contributed by atoms with Gasteiger partial charge in [0.25, 0.3) is 0 Å². The average molecular weight is 299 g/mol. The van der Waals surface area contributed by atoms with Gasteiger partial charge >= 0.3 is 0 Å². The van der Waals surface area contributed by atoms with E-state index in [2.05, 4.69) is 48.4 Å². The lowest BCUT2D eigenvalue weighted by molar-refractivity contribution is 0.350. The van der Waals surface area contributed by atoms with E-state index in [0.717, 1.165) is 25.1 Å². The highest BCUT2D eigenvalue weighted by Crippen LogP contribution is 2.46. The third-order valence-electron chi connectivity index (χ3n) is 5.03. The molecule has 0 fully saturated rings.